The van der Waals surface area contributed by atoms with Crippen LogP contribution in [0.3, 0.4) is 0 Å². The first kappa shape index (κ1) is 9.34. The van der Waals surface area contributed by atoms with E-state index in [1.54, 1.807) is 26.0 Å². The van der Waals surface area contributed by atoms with Gasteiger partial charge in [0.05, 0.1) is 5.56 Å². The van der Waals surface area contributed by atoms with Crippen molar-refractivity contribution in [2.75, 3.05) is 0 Å². The summed E-state index contributed by atoms with van der Waals surface area (Å²) in [5, 5.41) is 8.90. The smallest absolute Gasteiger partial charge is 0.336 e. The maximum atomic E-state index is 10.8. The molecule has 0 amide bonds. The number of carbonyl (C=O) groups is 1. The molecule has 0 aliphatic rings. The zero-order valence-corrected chi connectivity index (χ0v) is 7.59. The van der Waals surface area contributed by atoms with Crippen molar-refractivity contribution in [1.82, 2.24) is 0 Å². The third-order valence-electron chi connectivity index (χ3n) is 2.04. The van der Waals surface area contributed by atoms with Crippen molar-refractivity contribution >= 4 is 5.97 Å². The van der Waals surface area contributed by atoms with Gasteiger partial charge in [0.25, 0.3) is 0 Å². The Hall–Kier alpha value is -1.75. The monoisotopic (exact) mass is 174 g/mol. The summed E-state index contributed by atoms with van der Waals surface area (Å²) in [5.74, 6) is 1.53. The van der Waals surface area contributed by atoms with Gasteiger partial charge < -0.3 is 5.11 Å². The third-order valence-corrected chi connectivity index (χ3v) is 2.04. The third kappa shape index (κ3) is 1.54. The summed E-state index contributed by atoms with van der Waals surface area (Å²) in [5.41, 5.74) is 2.36. The van der Waals surface area contributed by atoms with Crippen molar-refractivity contribution in [3.63, 3.8) is 0 Å². The fraction of sp³-hybridized carbons (Fsp3) is 0.182. The summed E-state index contributed by atoms with van der Waals surface area (Å²) in [7, 11) is 0. The summed E-state index contributed by atoms with van der Waals surface area (Å²) in [6.45, 7) is 3.49. The molecule has 1 aromatic carbocycles. The van der Waals surface area contributed by atoms with E-state index in [1.807, 2.05) is 0 Å². The Kier molecular flexibility index (Phi) is 2.39. The number of benzene rings is 1. The zero-order valence-electron chi connectivity index (χ0n) is 7.59. The van der Waals surface area contributed by atoms with Crippen LogP contribution in [0.25, 0.3) is 0 Å². The Morgan fingerprint density at radius 3 is 2.54 bits per heavy atom. The number of hydrogen-bond acceptors (Lipinski definition) is 1. The first-order valence-corrected chi connectivity index (χ1v) is 3.88. The molecule has 1 rings (SSSR count). The molecule has 0 saturated heterocycles. The molecule has 0 fully saturated rings. The topological polar surface area (TPSA) is 37.3 Å². The summed E-state index contributed by atoms with van der Waals surface area (Å²) in [4.78, 5) is 10.8. The van der Waals surface area contributed by atoms with Gasteiger partial charge in [-0.1, -0.05) is 12.0 Å². The molecule has 0 bridgehead atoms. The van der Waals surface area contributed by atoms with Crippen LogP contribution >= 0.6 is 0 Å². The van der Waals surface area contributed by atoms with E-state index in [2.05, 4.69) is 5.92 Å². The number of terminal acetylenes is 1. The van der Waals surface area contributed by atoms with Crippen LogP contribution in [0, 0.1) is 26.2 Å². The zero-order chi connectivity index (χ0) is 10.0. The highest BCUT2D eigenvalue weighted by Gasteiger charge is 2.12. The number of carboxylic acid groups (broad SMARTS) is 1. The molecule has 2 nitrogen and oxygen atoms in total. The van der Waals surface area contributed by atoms with Crippen molar-refractivity contribution in [2.45, 2.75) is 13.8 Å². The van der Waals surface area contributed by atoms with Crippen LogP contribution in [0.2, 0.25) is 0 Å². The molecule has 0 unspecified atom stereocenters. The predicted molar refractivity (Wildman–Crippen MR) is 50.8 cm³/mol. The lowest BCUT2D eigenvalue weighted by Gasteiger charge is -2.06. The molecule has 0 saturated carbocycles. The second-order valence-electron chi connectivity index (χ2n) is 2.88. The molecule has 1 aromatic rings. The van der Waals surface area contributed by atoms with Crippen molar-refractivity contribution in [3.05, 3.63) is 34.4 Å². The largest absolute Gasteiger partial charge is 0.478 e. The van der Waals surface area contributed by atoms with Gasteiger partial charge in [-0.15, -0.1) is 6.42 Å². The normalized spacial score (nSPS) is 9.31. The quantitative estimate of drug-likeness (QED) is 0.661. The number of carboxylic acids is 1. The van der Waals surface area contributed by atoms with Crippen LogP contribution < -0.4 is 0 Å². The van der Waals surface area contributed by atoms with Gasteiger partial charge in [-0.25, -0.2) is 4.79 Å². The molecular weight excluding hydrogens is 164 g/mol. The minimum atomic E-state index is -0.924. The van der Waals surface area contributed by atoms with Crippen LogP contribution in [-0.4, -0.2) is 11.1 Å². The van der Waals surface area contributed by atoms with E-state index in [0.29, 0.717) is 16.7 Å². The molecule has 0 heterocycles. The van der Waals surface area contributed by atoms with Crippen molar-refractivity contribution in [1.29, 1.82) is 0 Å². The molecule has 13 heavy (non-hydrogen) atoms. The predicted octanol–water partition coefficient (Wildman–Crippen LogP) is 1.98. The average molecular weight is 174 g/mol. The summed E-state index contributed by atoms with van der Waals surface area (Å²) >= 11 is 0. The van der Waals surface area contributed by atoms with Crippen LogP contribution in [0.5, 0.6) is 0 Å². The Morgan fingerprint density at radius 1 is 1.46 bits per heavy atom. The van der Waals surface area contributed by atoms with Gasteiger partial charge in [-0.3, -0.25) is 0 Å². The fourth-order valence-corrected chi connectivity index (χ4v) is 1.33. The lowest BCUT2D eigenvalue weighted by atomic mass is 9.98. The number of rotatable bonds is 1. The van der Waals surface area contributed by atoms with Gasteiger partial charge in [0, 0.05) is 5.56 Å². The number of aryl methyl sites for hydroxylation is 1. The highest BCUT2D eigenvalue weighted by Crippen LogP contribution is 2.17. The van der Waals surface area contributed by atoms with Crippen LogP contribution in [0.1, 0.15) is 27.0 Å². The van der Waals surface area contributed by atoms with Crippen LogP contribution in [0.15, 0.2) is 12.1 Å². The van der Waals surface area contributed by atoms with E-state index >= 15 is 0 Å². The SMILES string of the molecule is C#Cc1ccc(C)c(C(=O)O)c1C. The summed E-state index contributed by atoms with van der Waals surface area (Å²) in [6.07, 6.45) is 5.23. The van der Waals surface area contributed by atoms with Gasteiger partial charge in [-0.2, -0.15) is 0 Å². The molecule has 0 spiro atoms. The average Bonchev–Trinajstić information content (AvgIpc) is 2.04. The Bertz CT molecular complexity index is 397. The molecule has 2 heteroatoms. The molecule has 1 N–H and O–H groups in total. The number of aromatic carboxylic acids is 1. The molecule has 0 aromatic heterocycles. The van der Waals surface area contributed by atoms with E-state index in [4.69, 9.17) is 11.5 Å². The lowest BCUT2D eigenvalue weighted by Crippen LogP contribution is -2.04. The second-order valence-corrected chi connectivity index (χ2v) is 2.88. The van der Waals surface area contributed by atoms with Gasteiger partial charge in [-0.05, 0) is 31.0 Å². The summed E-state index contributed by atoms with van der Waals surface area (Å²) in [6, 6.07) is 3.49. The Morgan fingerprint density at radius 2 is 2.08 bits per heavy atom. The highest BCUT2D eigenvalue weighted by atomic mass is 16.4. The van der Waals surface area contributed by atoms with Gasteiger partial charge in [0.2, 0.25) is 0 Å². The molecular formula is C11H10O2. The minimum absolute atomic E-state index is 0.315. The van der Waals surface area contributed by atoms with Crippen LogP contribution in [0.4, 0.5) is 0 Å². The van der Waals surface area contributed by atoms with Gasteiger partial charge in [0.15, 0.2) is 0 Å². The molecule has 0 radical (unpaired) electrons. The van der Waals surface area contributed by atoms with E-state index < -0.39 is 5.97 Å². The van der Waals surface area contributed by atoms with Gasteiger partial charge >= 0.3 is 5.97 Å². The number of hydrogen-bond donors (Lipinski definition) is 1. The second kappa shape index (κ2) is 3.32. The first-order valence-electron chi connectivity index (χ1n) is 3.88. The van der Waals surface area contributed by atoms with E-state index in [9.17, 15) is 4.79 Å². The summed E-state index contributed by atoms with van der Waals surface area (Å²) < 4.78 is 0. The standard InChI is InChI=1S/C11H10O2/c1-4-9-6-5-7(2)10(8(9)3)11(12)13/h1,5-6H,2-3H3,(H,12,13). The lowest BCUT2D eigenvalue weighted by molar-refractivity contribution is 0.0695. The first-order chi connectivity index (χ1) is 6.07. The van der Waals surface area contributed by atoms with Crippen molar-refractivity contribution < 1.29 is 9.90 Å². The molecule has 0 aliphatic carbocycles. The van der Waals surface area contributed by atoms with E-state index in [-0.39, 0.29) is 0 Å². The molecule has 66 valence electrons. The minimum Gasteiger partial charge on any atom is -0.478 e. The van der Waals surface area contributed by atoms with Crippen molar-refractivity contribution in [2.24, 2.45) is 0 Å². The van der Waals surface area contributed by atoms with E-state index in [1.165, 1.54) is 0 Å². The fourth-order valence-electron chi connectivity index (χ4n) is 1.33. The molecule has 0 aliphatic heterocycles. The maximum Gasteiger partial charge on any atom is 0.336 e. The Labute approximate surface area is 77.2 Å². The van der Waals surface area contributed by atoms with Crippen molar-refractivity contribution in [3.8, 4) is 12.3 Å². The van der Waals surface area contributed by atoms with E-state index in [0.717, 1.165) is 5.56 Å². The Balaban J connectivity index is 3.50. The van der Waals surface area contributed by atoms with Crippen LogP contribution in [-0.2, 0) is 0 Å². The molecule has 0 atom stereocenters. The van der Waals surface area contributed by atoms with Gasteiger partial charge in [0.1, 0.15) is 0 Å². The highest BCUT2D eigenvalue weighted by molar-refractivity contribution is 5.91. The maximum absolute atomic E-state index is 10.8.